The molecule has 0 atom stereocenters. The van der Waals surface area contributed by atoms with Gasteiger partial charge in [-0.1, -0.05) is 11.6 Å². The van der Waals surface area contributed by atoms with Gasteiger partial charge in [0.1, 0.15) is 5.82 Å². The van der Waals surface area contributed by atoms with Gasteiger partial charge in [0.05, 0.1) is 33.1 Å². The highest BCUT2D eigenvalue weighted by atomic mass is 35.5. The molecule has 11 heteroatoms. The molecule has 0 bridgehead atoms. The highest BCUT2D eigenvalue weighted by Gasteiger charge is 2.34. The van der Waals surface area contributed by atoms with E-state index in [0.29, 0.717) is 5.69 Å². The second kappa shape index (κ2) is 7.49. The van der Waals surface area contributed by atoms with Crippen molar-refractivity contribution in [3.63, 3.8) is 0 Å². The third-order valence-corrected chi connectivity index (χ3v) is 5.25. The van der Waals surface area contributed by atoms with Gasteiger partial charge >= 0.3 is 6.18 Å². The third-order valence-electron chi connectivity index (χ3n) is 4.93. The van der Waals surface area contributed by atoms with Crippen LogP contribution in [0, 0.1) is 6.92 Å². The molecule has 164 valence electrons. The minimum Gasteiger partial charge on any atom is -0.306 e. The summed E-state index contributed by atoms with van der Waals surface area (Å²) in [6.45, 7) is 1.60. The van der Waals surface area contributed by atoms with Crippen molar-refractivity contribution in [2.45, 2.75) is 13.1 Å². The number of fused-ring (bicyclic) bond motifs is 1. The summed E-state index contributed by atoms with van der Waals surface area (Å²) < 4.78 is 40.6. The third kappa shape index (κ3) is 3.62. The van der Waals surface area contributed by atoms with E-state index in [1.807, 2.05) is 0 Å². The number of imide groups is 1. The van der Waals surface area contributed by atoms with Crippen LogP contribution < -0.4 is 5.32 Å². The maximum Gasteiger partial charge on any atom is 0.416 e. The molecule has 3 amide bonds. The smallest absolute Gasteiger partial charge is 0.306 e. The average Bonchev–Trinajstić information content (AvgIpc) is 3.19. The maximum absolute atomic E-state index is 13.2. The van der Waals surface area contributed by atoms with Gasteiger partial charge < -0.3 is 5.32 Å². The van der Waals surface area contributed by atoms with Crippen LogP contribution in [0.3, 0.4) is 0 Å². The minimum atomic E-state index is -4.59. The number of nitrogens with zero attached hydrogens (tertiary/aromatic N) is 3. The van der Waals surface area contributed by atoms with Gasteiger partial charge in [-0.05, 0) is 43.3 Å². The van der Waals surface area contributed by atoms with Crippen molar-refractivity contribution >= 4 is 35.1 Å². The Labute approximate surface area is 184 Å². The molecule has 1 aliphatic rings. The van der Waals surface area contributed by atoms with Crippen LogP contribution in [-0.4, -0.2) is 39.4 Å². The van der Waals surface area contributed by atoms with Crippen molar-refractivity contribution in [2.24, 2.45) is 0 Å². The van der Waals surface area contributed by atoms with E-state index >= 15 is 0 Å². The topological polar surface area (TPSA) is 84.3 Å². The summed E-state index contributed by atoms with van der Waals surface area (Å²) in [6.07, 6.45) is -4.59. The fourth-order valence-corrected chi connectivity index (χ4v) is 3.51. The van der Waals surface area contributed by atoms with Crippen molar-refractivity contribution in [1.82, 2.24) is 14.7 Å². The second-order valence-electron chi connectivity index (χ2n) is 7.13. The van der Waals surface area contributed by atoms with Crippen LogP contribution in [0.4, 0.5) is 19.0 Å². The number of aromatic nitrogens is 2. The molecule has 0 aliphatic carbocycles. The van der Waals surface area contributed by atoms with Gasteiger partial charge in [-0.2, -0.15) is 18.3 Å². The zero-order valence-electron chi connectivity index (χ0n) is 16.6. The average molecular weight is 463 g/mol. The number of rotatable bonds is 3. The molecule has 0 unspecified atom stereocenters. The number of hydrogen-bond acceptors (Lipinski definition) is 4. The van der Waals surface area contributed by atoms with E-state index in [-0.39, 0.29) is 33.2 Å². The fourth-order valence-electron chi connectivity index (χ4n) is 3.31. The van der Waals surface area contributed by atoms with Crippen molar-refractivity contribution in [3.8, 4) is 5.69 Å². The highest BCUT2D eigenvalue weighted by molar-refractivity contribution is 6.32. The number of amides is 3. The van der Waals surface area contributed by atoms with Gasteiger partial charge in [-0.3, -0.25) is 19.3 Å². The Kier molecular flexibility index (Phi) is 5.04. The van der Waals surface area contributed by atoms with Crippen LogP contribution in [0.25, 0.3) is 5.69 Å². The first kappa shape index (κ1) is 21.6. The van der Waals surface area contributed by atoms with E-state index in [1.54, 1.807) is 6.92 Å². The molecule has 7 nitrogen and oxygen atoms in total. The van der Waals surface area contributed by atoms with E-state index in [0.717, 1.165) is 27.8 Å². The van der Waals surface area contributed by atoms with Crippen LogP contribution in [0.15, 0.2) is 42.5 Å². The molecule has 1 aromatic heterocycles. The Balaban J connectivity index is 1.69. The van der Waals surface area contributed by atoms with Gasteiger partial charge in [0.25, 0.3) is 17.7 Å². The molecule has 0 radical (unpaired) electrons. The summed E-state index contributed by atoms with van der Waals surface area (Å²) in [7, 11) is 1.34. The second-order valence-corrected chi connectivity index (χ2v) is 7.54. The lowest BCUT2D eigenvalue weighted by atomic mass is 10.1. The van der Waals surface area contributed by atoms with Crippen molar-refractivity contribution in [3.05, 3.63) is 75.4 Å². The molecule has 3 aromatic rings. The number of anilines is 1. The summed E-state index contributed by atoms with van der Waals surface area (Å²) in [5.74, 6) is -1.57. The minimum absolute atomic E-state index is 0.00118. The van der Waals surface area contributed by atoms with Crippen molar-refractivity contribution in [2.75, 3.05) is 12.4 Å². The van der Waals surface area contributed by atoms with Crippen LogP contribution in [0.1, 0.15) is 42.3 Å². The number of nitrogens with one attached hydrogen (secondary N) is 1. The normalized spacial score (nSPS) is 13.5. The molecule has 2 aromatic carbocycles. The van der Waals surface area contributed by atoms with Gasteiger partial charge in [-0.15, -0.1) is 0 Å². The van der Waals surface area contributed by atoms with Gasteiger partial charge in [0, 0.05) is 18.7 Å². The Hall–Kier alpha value is -3.66. The predicted molar refractivity (Wildman–Crippen MR) is 109 cm³/mol. The fraction of sp³-hybridized carbons (Fsp3) is 0.143. The van der Waals surface area contributed by atoms with Crippen LogP contribution in [-0.2, 0) is 6.18 Å². The zero-order valence-corrected chi connectivity index (χ0v) is 17.4. The molecular weight excluding hydrogens is 449 g/mol. The molecule has 1 aliphatic heterocycles. The Morgan fingerprint density at radius 2 is 1.72 bits per heavy atom. The van der Waals surface area contributed by atoms with Gasteiger partial charge in [-0.25, -0.2) is 4.68 Å². The monoisotopic (exact) mass is 462 g/mol. The SMILES string of the molecule is Cc1cc(NC(=O)c2ccc3c(c2)C(=O)N(C)C3=O)n(-c2cc(C(F)(F)F)ccc2Cl)n1. The number of carbonyl (C=O) groups is 3. The van der Waals surface area contributed by atoms with E-state index in [4.69, 9.17) is 11.6 Å². The maximum atomic E-state index is 13.2. The Morgan fingerprint density at radius 3 is 2.41 bits per heavy atom. The molecule has 0 saturated carbocycles. The number of alkyl halides is 3. The quantitative estimate of drug-likeness (QED) is 0.587. The van der Waals surface area contributed by atoms with E-state index in [9.17, 15) is 27.6 Å². The van der Waals surface area contributed by atoms with E-state index in [1.165, 1.54) is 31.3 Å². The summed E-state index contributed by atoms with van der Waals surface area (Å²) in [5, 5.41) is 6.72. The highest BCUT2D eigenvalue weighted by Crippen LogP contribution is 2.34. The van der Waals surface area contributed by atoms with Crippen molar-refractivity contribution in [1.29, 1.82) is 0 Å². The molecular formula is C21H14ClF3N4O3. The molecule has 32 heavy (non-hydrogen) atoms. The standard InChI is InChI=1S/C21H14ClF3N4O3/c1-10-7-17(29(27-10)16-9-12(21(23,24)25)4-6-15(16)22)26-18(30)11-3-5-13-14(8-11)20(32)28(2)19(13)31/h3-9H,1-2H3,(H,26,30). The number of hydrogen-bond donors (Lipinski definition) is 1. The lowest BCUT2D eigenvalue weighted by Crippen LogP contribution is -2.24. The lowest BCUT2D eigenvalue weighted by Gasteiger charge is -2.13. The predicted octanol–water partition coefficient (Wildman–Crippen LogP) is 4.33. The van der Waals surface area contributed by atoms with E-state index < -0.39 is 29.5 Å². The van der Waals surface area contributed by atoms with Crippen LogP contribution in [0.5, 0.6) is 0 Å². The lowest BCUT2D eigenvalue weighted by molar-refractivity contribution is -0.137. The molecule has 1 N–H and O–H groups in total. The first-order valence-corrected chi connectivity index (χ1v) is 9.56. The zero-order chi connectivity index (χ0) is 23.4. The van der Waals surface area contributed by atoms with Gasteiger partial charge in [0.15, 0.2) is 0 Å². The van der Waals surface area contributed by atoms with Gasteiger partial charge in [0.2, 0.25) is 0 Å². The molecule has 2 heterocycles. The Bertz CT molecular complexity index is 1300. The first-order chi connectivity index (χ1) is 15.0. The largest absolute Gasteiger partial charge is 0.416 e. The summed E-state index contributed by atoms with van der Waals surface area (Å²) in [6, 6.07) is 8.29. The van der Waals surface area contributed by atoms with Crippen molar-refractivity contribution < 1.29 is 27.6 Å². The molecule has 0 spiro atoms. The Morgan fingerprint density at radius 1 is 1.03 bits per heavy atom. The molecule has 0 fully saturated rings. The number of halogens is 4. The van der Waals surface area contributed by atoms with Crippen LogP contribution in [0.2, 0.25) is 5.02 Å². The van der Waals surface area contributed by atoms with Crippen LogP contribution >= 0.6 is 11.6 Å². The summed E-state index contributed by atoms with van der Waals surface area (Å²) >= 11 is 6.11. The summed E-state index contributed by atoms with van der Waals surface area (Å²) in [5.41, 5.74) is -0.207. The first-order valence-electron chi connectivity index (χ1n) is 9.19. The summed E-state index contributed by atoms with van der Waals surface area (Å²) in [4.78, 5) is 38.0. The molecule has 4 rings (SSSR count). The van der Waals surface area contributed by atoms with E-state index in [2.05, 4.69) is 10.4 Å². The number of aryl methyl sites for hydroxylation is 1. The molecule has 0 saturated heterocycles. The number of benzene rings is 2. The number of carbonyl (C=O) groups excluding carboxylic acids is 3.